The quantitative estimate of drug-likeness (QED) is 0.741. The lowest BCUT2D eigenvalue weighted by Gasteiger charge is -2.24. The first-order chi connectivity index (χ1) is 7.09. The SMILES string of the molecule is CC(CN(C(=O)C1CC1)C1CC1)C(=O)O. The van der Waals surface area contributed by atoms with Gasteiger partial charge in [0, 0.05) is 18.5 Å². The van der Waals surface area contributed by atoms with E-state index in [1.807, 2.05) is 0 Å². The number of carboxylic acid groups (broad SMARTS) is 1. The Kier molecular flexibility index (Phi) is 2.67. The monoisotopic (exact) mass is 211 g/mol. The van der Waals surface area contributed by atoms with Crippen LogP contribution in [-0.2, 0) is 9.59 Å². The lowest BCUT2D eigenvalue weighted by atomic mass is 10.1. The maximum atomic E-state index is 11.9. The molecule has 1 N–H and O–H groups in total. The van der Waals surface area contributed by atoms with Gasteiger partial charge in [0.15, 0.2) is 0 Å². The highest BCUT2D eigenvalue weighted by Gasteiger charge is 2.40. The predicted octanol–water partition coefficient (Wildman–Crippen LogP) is 1.11. The van der Waals surface area contributed by atoms with Crippen LogP contribution < -0.4 is 0 Å². The molecule has 4 heteroatoms. The minimum atomic E-state index is -0.816. The largest absolute Gasteiger partial charge is 0.481 e. The molecule has 1 unspecified atom stereocenters. The zero-order valence-corrected chi connectivity index (χ0v) is 8.98. The van der Waals surface area contributed by atoms with E-state index < -0.39 is 11.9 Å². The molecule has 2 saturated carbocycles. The van der Waals surface area contributed by atoms with Crippen LogP contribution in [0, 0.1) is 11.8 Å². The summed E-state index contributed by atoms with van der Waals surface area (Å²) in [5.41, 5.74) is 0. The van der Waals surface area contributed by atoms with Crippen LogP contribution in [0.1, 0.15) is 32.6 Å². The zero-order valence-electron chi connectivity index (χ0n) is 8.98. The van der Waals surface area contributed by atoms with Crippen molar-refractivity contribution >= 4 is 11.9 Å². The molecule has 4 nitrogen and oxygen atoms in total. The molecular formula is C11H17NO3. The molecule has 1 atom stereocenters. The van der Waals surface area contributed by atoms with E-state index in [9.17, 15) is 9.59 Å². The van der Waals surface area contributed by atoms with Crippen molar-refractivity contribution < 1.29 is 14.7 Å². The average Bonchev–Trinajstić information content (AvgIpc) is 3.04. The molecule has 0 saturated heterocycles. The van der Waals surface area contributed by atoms with E-state index in [-0.39, 0.29) is 11.8 Å². The van der Waals surface area contributed by atoms with Gasteiger partial charge in [0.05, 0.1) is 5.92 Å². The van der Waals surface area contributed by atoms with Gasteiger partial charge in [-0.1, -0.05) is 6.92 Å². The van der Waals surface area contributed by atoms with Gasteiger partial charge in [0.25, 0.3) is 0 Å². The number of carbonyl (C=O) groups is 2. The molecule has 0 radical (unpaired) electrons. The molecule has 0 aliphatic heterocycles. The third-order valence-electron chi connectivity index (χ3n) is 3.09. The Morgan fingerprint density at radius 2 is 1.93 bits per heavy atom. The van der Waals surface area contributed by atoms with Crippen molar-refractivity contribution in [2.24, 2.45) is 11.8 Å². The maximum Gasteiger partial charge on any atom is 0.308 e. The van der Waals surface area contributed by atoms with E-state index in [2.05, 4.69) is 0 Å². The fourth-order valence-corrected chi connectivity index (χ4v) is 1.74. The molecule has 0 bridgehead atoms. The summed E-state index contributed by atoms with van der Waals surface area (Å²) >= 11 is 0. The molecule has 0 aromatic carbocycles. The van der Waals surface area contributed by atoms with Gasteiger partial charge in [-0.25, -0.2) is 0 Å². The topological polar surface area (TPSA) is 57.6 Å². The molecule has 0 aromatic rings. The first kappa shape index (κ1) is 10.5. The molecule has 2 aliphatic carbocycles. The second kappa shape index (κ2) is 3.83. The minimum Gasteiger partial charge on any atom is -0.481 e. The first-order valence-electron chi connectivity index (χ1n) is 5.63. The summed E-state index contributed by atoms with van der Waals surface area (Å²) in [6, 6.07) is 0.333. The van der Waals surface area contributed by atoms with Gasteiger partial charge in [-0.05, 0) is 25.7 Å². The Labute approximate surface area is 89.3 Å². The number of hydrogen-bond acceptors (Lipinski definition) is 2. The smallest absolute Gasteiger partial charge is 0.308 e. The Morgan fingerprint density at radius 3 is 2.33 bits per heavy atom. The predicted molar refractivity (Wildman–Crippen MR) is 54.3 cm³/mol. The second-order valence-corrected chi connectivity index (χ2v) is 4.74. The Bertz CT molecular complexity index is 282. The standard InChI is InChI=1S/C11H17NO3/c1-7(11(14)15)6-12(9-4-5-9)10(13)8-2-3-8/h7-9H,2-6H2,1H3,(H,14,15). The number of nitrogens with zero attached hydrogens (tertiary/aromatic N) is 1. The highest BCUT2D eigenvalue weighted by atomic mass is 16.4. The second-order valence-electron chi connectivity index (χ2n) is 4.74. The van der Waals surface area contributed by atoms with Crippen LogP contribution in [-0.4, -0.2) is 34.5 Å². The number of rotatable bonds is 5. The fourth-order valence-electron chi connectivity index (χ4n) is 1.74. The summed E-state index contributed by atoms with van der Waals surface area (Å²) in [6.07, 6.45) is 4.07. The molecule has 84 valence electrons. The van der Waals surface area contributed by atoms with Crippen LogP contribution in [0.3, 0.4) is 0 Å². The van der Waals surface area contributed by atoms with Gasteiger partial charge in [-0.3, -0.25) is 9.59 Å². The van der Waals surface area contributed by atoms with Crippen molar-refractivity contribution in [2.75, 3.05) is 6.54 Å². The van der Waals surface area contributed by atoms with Crippen LogP contribution in [0.15, 0.2) is 0 Å². The van der Waals surface area contributed by atoms with Gasteiger partial charge in [-0.15, -0.1) is 0 Å². The number of aliphatic carboxylic acids is 1. The van der Waals surface area contributed by atoms with Gasteiger partial charge in [0.1, 0.15) is 0 Å². The van der Waals surface area contributed by atoms with Crippen LogP contribution in [0.5, 0.6) is 0 Å². The van der Waals surface area contributed by atoms with E-state index in [1.54, 1.807) is 11.8 Å². The van der Waals surface area contributed by atoms with E-state index in [0.29, 0.717) is 12.6 Å². The third-order valence-corrected chi connectivity index (χ3v) is 3.09. The maximum absolute atomic E-state index is 11.9. The van der Waals surface area contributed by atoms with Crippen molar-refractivity contribution in [3.05, 3.63) is 0 Å². The lowest BCUT2D eigenvalue weighted by molar-refractivity contribution is -0.143. The fraction of sp³-hybridized carbons (Fsp3) is 0.818. The Hall–Kier alpha value is -1.06. The van der Waals surface area contributed by atoms with Crippen molar-refractivity contribution in [1.82, 2.24) is 4.90 Å². The summed E-state index contributed by atoms with van der Waals surface area (Å²) in [6.45, 7) is 2.05. The van der Waals surface area contributed by atoms with E-state index in [0.717, 1.165) is 25.7 Å². The molecule has 0 aromatic heterocycles. The number of amides is 1. The molecule has 0 spiro atoms. The normalized spacial score (nSPS) is 22.2. The van der Waals surface area contributed by atoms with Crippen molar-refractivity contribution in [1.29, 1.82) is 0 Å². The van der Waals surface area contributed by atoms with Crippen LogP contribution in [0.25, 0.3) is 0 Å². The first-order valence-corrected chi connectivity index (χ1v) is 5.63. The van der Waals surface area contributed by atoms with Crippen LogP contribution in [0.2, 0.25) is 0 Å². The molecule has 2 rings (SSSR count). The molecule has 2 fully saturated rings. The highest BCUT2D eigenvalue weighted by molar-refractivity contribution is 5.82. The number of hydrogen-bond donors (Lipinski definition) is 1. The Balaban J connectivity index is 1.93. The molecule has 15 heavy (non-hydrogen) atoms. The van der Waals surface area contributed by atoms with Crippen molar-refractivity contribution in [3.63, 3.8) is 0 Å². The minimum absolute atomic E-state index is 0.186. The summed E-state index contributed by atoms with van der Waals surface area (Å²) in [7, 11) is 0. The average molecular weight is 211 g/mol. The van der Waals surface area contributed by atoms with Crippen molar-refractivity contribution in [3.8, 4) is 0 Å². The molecule has 2 aliphatic rings. The summed E-state index contributed by atoms with van der Waals surface area (Å²) in [5, 5.41) is 8.83. The summed E-state index contributed by atoms with van der Waals surface area (Å²) < 4.78 is 0. The van der Waals surface area contributed by atoms with E-state index in [4.69, 9.17) is 5.11 Å². The lowest BCUT2D eigenvalue weighted by Crippen LogP contribution is -2.39. The van der Waals surface area contributed by atoms with Gasteiger partial charge < -0.3 is 10.0 Å². The van der Waals surface area contributed by atoms with E-state index in [1.165, 1.54) is 0 Å². The highest BCUT2D eigenvalue weighted by Crippen LogP contribution is 2.36. The zero-order chi connectivity index (χ0) is 11.0. The van der Waals surface area contributed by atoms with Gasteiger partial charge in [0.2, 0.25) is 5.91 Å². The van der Waals surface area contributed by atoms with Gasteiger partial charge in [-0.2, -0.15) is 0 Å². The summed E-state index contributed by atoms with van der Waals surface area (Å²) in [5.74, 6) is -0.880. The summed E-state index contributed by atoms with van der Waals surface area (Å²) in [4.78, 5) is 24.4. The van der Waals surface area contributed by atoms with Crippen molar-refractivity contribution in [2.45, 2.75) is 38.6 Å². The van der Waals surface area contributed by atoms with E-state index >= 15 is 0 Å². The molecule has 0 heterocycles. The van der Waals surface area contributed by atoms with Crippen LogP contribution >= 0.6 is 0 Å². The number of carboxylic acids is 1. The third kappa shape index (κ3) is 2.49. The van der Waals surface area contributed by atoms with Crippen LogP contribution in [0.4, 0.5) is 0 Å². The van der Waals surface area contributed by atoms with Gasteiger partial charge >= 0.3 is 5.97 Å². The number of carbonyl (C=O) groups excluding carboxylic acids is 1. The molecular weight excluding hydrogens is 194 g/mol. The molecule has 1 amide bonds. The Morgan fingerprint density at radius 1 is 1.33 bits per heavy atom.